The lowest BCUT2D eigenvalue weighted by Gasteiger charge is -2.27. The number of urea groups is 1. The van der Waals surface area contributed by atoms with Gasteiger partial charge in [-0.3, -0.25) is 4.79 Å². The minimum absolute atomic E-state index is 0.0256. The maximum atomic E-state index is 12.2. The Bertz CT molecular complexity index is 351. The standard InChI is InChI=1S/C16H29N3O2/c1-2-3-10-17-16(21)18-13-11-15(20)19(12-13)14-8-6-4-5-7-9-14/h13-14H,2-12H2,1H3,(H2,17,18,21)/t13-/m0/s1. The molecule has 0 aromatic heterocycles. The van der Waals surface area contributed by atoms with Gasteiger partial charge in [-0.05, 0) is 19.3 Å². The predicted octanol–water partition coefficient (Wildman–Crippen LogP) is 2.41. The Labute approximate surface area is 127 Å². The highest BCUT2D eigenvalue weighted by atomic mass is 16.2. The molecular weight excluding hydrogens is 266 g/mol. The molecule has 3 amide bonds. The minimum atomic E-state index is -0.135. The van der Waals surface area contributed by atoms with Crippen LogP contribution in [0.2, 0.25) is 0 Å². The van der Waals surface area contributed by atoms with E-state index >= 15 is 0 Å². The van der Waals surface area contributed by atoms with Gasteiger partial charge in [-0.15, -0.1) is 0 Å². The highest BCUT2D eigenvalue weighted by Gasteiger charge is 2.34. The second-order valence-corrected chi connectivity index (χ2v) is 6.35. The molecule has 0 radical (unpaired) electrons. The molecular formula is C16H29N3O2. The number of nitrogens with one attached hydrogen (secondary N) is 2. The van der Waals surface area contributed by atoms with E-state index in [9.17, 15) is 9.59 Å². The van der Waals surface area contributed by atoms with E-state index in [0.717, 1.165) is 25.7 Å². The van der Waals surface area contributed by atoms with Crippen LogP contribution in [0.5, 0.6) is 0 Å². The maximum Gasteiger partial charge on any atom is 0.315 e. The smallest absolute Gasteiger partial charge is 0.315 e. The number of hydrogen-bond donors (Lipinski definition) is 2. The highest BCUT2D eigenvalue weighted by Crippen LogP contribution is 2.25. The maximum absolute atomic E-state index is 12.2. The Balaban J connectivity index is 1.77. The number of rotatable bonds is 5. The van der Waals surface area contributed by atoms with Crippen LogP contribution in [0.1, 0.15) is 64.7 Å². The van der Waals surface area contributed by atoms with Gasteiger partial charge in [0.2, 0.25) is 5.91 Å². The first-order valence-electron chi connectivity index (χ1n) is 8.54. The van der Waals surface area contributed by atoms with Crippen molar-refractivity contribution in [3.8, 4) is 0 Å². The van der Waals surface area contributed by atoms with Crippen molar-refractivity contribution in [1.29, 1.82) is 0 Å². The molecule has 0 spiro atoms. The lowest BCUT2D eigenvalue weighted by molar-refractivity contribution is -0.129. The summed E-state index contributed by atoms with van der Waals surface area (Å²) in [6, 6.07) is 0.237. The monoisotopic (exact) mass is 295 g/mol. The molecule has 120 valence electrons. The van der Waals surface area contributed by atoms with Crippen molar-refractivity contribution < 1.29 is 9.59 Å². The number of carbonyl (C=O) groups excluding carboxylic acids is 2. The van der Waals surface area contributed by atoms with Gasteiger partial charge < -0.3 is 15.5 Å². The molecule has 21 heavy (non-hydrogen) atoms. The summed E-state index contributed by atoms with van der Waals surface area (Å²) in [5.74, 6) is 0.209. The molecule has 1 saturated heterocycles. The van der Waals surface area contributed by atoms with Gasteiger partial charge in [-0.25, -0.2) is 4.79 Å². The van der Waals surface area contributed by atoms with Crippen molar-refractivity contribution in [3.05, 3.63) is 0 Å². The van der Waals surface area contributed by atoms with Crippen LogP contribution in [0.4, 0.5) is 4.79 Å². The van der Waals surface area contributed by atoms with E-state index in [1.54, 1.807) is 0 Å². The molecule has 2 fully saturated rings. The summed E-state index contributed by atoms with van der Waals surface area (Å²) in [4.78, 5) is 26.0. The molecule has 1 heterocycles. The summed E-state index contributed by atoms with van der Waals surface area (Å²) in [7, 11) is 0. The topological polar surface area (TPSA) is 61.4 Å². The first kappa shape index (κ1) is 16.1. The van der Waals surface area contributed by atoms with E-state index in [1.165, 1.54) is 25.7 Å². The first-order chi connectivity index (χ1) is 10.2. The van der Waals surface area contributed by atoms with E-state index in [4.69, 9.17) is 0 Å². The van der Waals surface area contributed by atoms with Gasteiger partial charge in [0.25, 0.3) is 0 Å². The van der Waals surface area contributed by atoms with Crippen LogP contribution in [-0.4, -0.2) is 42.0 Å². The average molecular weight is 295 g/mol. The highest BCUT2D eigenvalue weighted by molar-refractivity contribution is 5.81. The van der Waals surface area contributed by atoms with Crippen LogP contribution in [0.25, 0.3) is 0 Å². The normalized spacial score (nSPS) is 24.0. The Morgan fingerprint density at radius 2 is 1.95 bits per heavy atom. The molecule has 1 aliphatic heterocycles. The van der Waals surface area contributed by atoms with Gasteiger partial charge in [0.1, 0.15) is 0 Å². The van der Waals surface area contributed by atoms with Gasteiger partial charge >= 0.3 is 6.03 Å². The molecule has 2 rings (SSSR count). The quantitative estimate of drug-likeness (QED) is 0.604. The molecule has 5 nitrogen and oxygen atoms in total. The number of amides is 3. The zero-order valence-electron chi connectivity index (χ0n) is 13.2. The van der Waals surface area contributed by atoms with Gasteiger partial charge in [0.05, 0.1) is 6.04 Å². The number of carbonyl (C=O) groups is 2. The average Bonchev–Trinajstić information content (AvgIpc) is 2.67. The Morgan fingerprint density at radius 3 is 2.62 bits per heavy atom. The minimum Gasteiger partial charge on any atom is -0.338 e. The molecule has 0 aromatic carbocycles. The SMILES string of the molecule is CCCCNC(=O)N[C@H]1CC(=O)N(C2CCCCCC2)C1. The van der Waals surface area contributed by atoms with Gasteiger partial charge in [0, 0.05) is 25.6 Å². The lowest BCUT2D eigenvalue weighted by atomic mass is 10.1. The Morgan fingerprint density at radius 1 is 1.24 bits per heavy atom. The van der Waals surface area contributed by atoms with Gasteiger partial charge in [-0.2, -0.15) is 0 Å². The summed E-state index contributed by atoms with van der Waals surface area (Å²) in [6.45, 7) is 3.49. The van der Waals surface area contributed by atoms with Crippen molar-refractivity contribution in [2.45, 2.75) is 76.8 Å². The molecule has 1 atom stereocenters. The van der Waals surface area contributed by atoms with Crippen molar-refractivity contribution in [1.82, 2.24) is 15.5 Å². The fraction of sp³-hybridized carbons (Fsp3) is 0.875. The van der Waals surface area contributed by atoms with Crippen LogP contribution in [0.3, 0.4) is 0 Å². The fourth-order valence-electron chi connectivity index (χ4n) is 3.37. The van der Waals surface area contributed by atoms with Crippen LogP contribution >= 0.6 is 0 Å². The molecule has 5 heteroatoms. The second-order valence-electron chi connectivity index (χ2n) is 6.35. The summed E-state index contributed by atoms with van der Waals surface area (Å²) in [5.41, 5.74) is 0. The molecule has 0 unspecified atom stereocenters. The number of unbranched alkanes of at least 4 members (excludes halogenated alkanes) is 1. The first-order valence-corrected chi connectivity index (χ1v) is 8.54. The van der Waals surface area contributed by atoms with Crippen LogP contribution in [0, 0.1) is 0 Å². The molecule has 0 bridgehead atoms. The molecule has 2 aliphatic rings. The summed E-state index contributed by atoms with van der Waals surface area (Å²) in [6.07, 6.45) is 9.80. The van der Waals surface area contributed by atoms with E-state index in [-0.39, 0.29) is 18.0 Å². The van der Waals surface area contributed by atoms with Crippen molar-refractivity contribution in [3.63, 3.8) is 0 Å². The van der Waals surface area contributed by atoms with E-state index < -0.39 is 0 Å². The fourth-order valence-corrected chi connectivity index (χ4v) is 3.37. The van der Waals surface area contributed by atoms with E-state index in [2.05, 4.69) is 17.6 Å². The number of nitrogens with zero attached hydrogens (tertiary/aromatic N) is 1. The van der Waals surface area contributed by atoms with Gasteiger partial charge in [-0.1, -0.05) is 39.0 Å². The molecule has 0 aromatic rings. The van der Waals surface area contributed by atoms with Crippen LogP contribution in [-0.2, 0) is 4.79 Å². The Hall–Kier alpha value is -1.26. The summed E-state index contributed by atoms with van der Waals surface area (Å²) < 4.78 is 0. The van der Waals surface area contributed by atoms with Gasteiger partial charge in [0.15, 0.2) is 0 Å². The third kappa shape index (κ3) is 4.90. The zero-order chi connectivity index (χ0) is 15.1. The number of likely N-dealkylation sites (tertiary alicyclic amines) is 1. The van der Waals surface area contributed by atoms with Crippen molar-refractivity contribution in [2.75, 3.05) is 13.1 Å². The van der Waals surface area contributed by atoms with E-state index in [1.807, 2.05) is 4.90 Å². The molecule has 1 aliphatic carbocycles. The summed E-state index contributed by atoms with van der Waals surface area (Å²) in [5, 5.41) is 5.79. The van der Waals surface area contributed by atoms with Crippen LogP contribution < -0.4 is 10.6 Å². The van der Waals surface area contributed by atoms with Crippen molar-refractivity contribution >= 4 is 11.9 Å². The predicted molar refractivity (Wildman–Crippen MR) is 83.1 cm³/mol. The number of hydrogen-bond acceptors (Lipinski definition) is 2. The lowest BCUT2D eigenvalue weighted by Crippen LogP contribution is -2.44. The van der Waals surface area contributed by atoms with E-state index in [0.29, 0.717) is 25.6 Å². The summed E-state index contributed by atoms with van der Waals surface area (Å²) >= 11 is 0. The molecule has 1 saturated carbocycles. The third-order valence-electron chi connectivity index (χ3n) is 4.58. The van der Waals surface area contributed by atoms with Crippen LogP contribution in [0.15, 0.2) is 0 Å². The second kappa shape index (κ2) is 8.25. The molecule has 2 N–H and O–H groups in total. The van der Waals surface area contributed by atoms with Crippen molar-refractivity contribution in [2.24, 2.45) is 0 Å². The largest absolute Gasteiger partial charge is 0.338 e. The third-order valence-corrected chi connectivity index (χ3v) is 4.58. The Kier molecular flexibility index (Phi) is 6.33. The zero-order valence-corrected chi connectivity index (χ0v) is 13.2.